The SMILES string of the molecule is O=C(O)CCCCCCOc1ccccc1OCCCCCCC(=O)O.[Ag].[Ag]. The van der Waals surface area contributed by atoms with Crippen molar-refractivity contribution in [1.82, 2.24) is 0 Å². The monoisotopic (exact) mass is 580 g/mol. The summed E-state index contributed by atoms with van der Waals surface area (Å²) >= 11 is 0. The molecule has 0 amide bonds. The molecule has 0 heterocycles. The molecular formula is C20H30Ag2O6. The first-order chi connectivity index (χ1) is 12.6. The van der Waals surface area contributed by atoms with Crippen molar-refractivity contribution >= 4 is 11.9 Å². The Hall–Kier alpha value is -0.759. The van der Waals surface area contributed by atoms with Crippen LogP contribution in [0.1, 0.15) is 64.2 Å². The van der Waals surface area contributed by atoms with Crippen LogP contribution in [-0.4, -0.2) is 35.4 Å². The third-order valence-electron chi connectivity index (χ3n) is 3.93. The van der Waals surface area contributed by atoms with Crippen molar-refractivity contribution < 1.29 is 74.0 Å². The molecule has 28 heavy (non-hydrogen) atoms. The standard InChI is InChI=1S/C20H30O6.2Ag/c21-19(22)13-5-1-3-9-15-25-17-11-7-8-12-18(17)26-16-10-4-2-6-14-20(23)24;;/h7-8,11-12H,1-6,9-10,13-16H2,(H,21,22)(H,23,24);;. The van der Waals surface area contributed by atoms with E-state index in [-0.39, 0.29) is 57.6 Å². The summed E-state index contributed by atoms with van der Waals surface area (Å²) in [5, 5.41) is 17.2. The van der Waals surface area contributed by atoms with Crippen LogP contribution in [0.3, 0.4) is 0 Å². The number of rotatable bonds is 16. The Bertz CT molecular complexity index is 492. The summed E-state index contributed by atoms with van der Waals surface area (Å²) in [5.74, 6) is -0.0313. The third kappa shape index (κ3) is 16.2. The van der Waals surface area contributed by atoms with Gasteiger partial charge in [-0.05, 0) is 37.8 Å². The molecule has 0 aromatic heterocycles. The van der Waals surface area contributed by atoms with Gasteiger partial charge in [0, 0.05) is 57.6 Å². The molecule has 0 saturated heterocycles. The van der Waals surface area contributed by atoms with Crippen molar-refractivity contribution in [2.45, 2.75) is 64.2 Å². The predicted molar refractivity (Wildman–Crippen MR) is 98.9 cm³/mol. The number of carboxylic acid groups (broad SMARTS) is 2. The number of hydrogen-bond donors (Lipinski definition) is 2. The average molecular weight is 582 g/mol. The molecule has 0 spiro atoms. The van der Waals surface area contributed by atoms with E-state index in [1.54, 1.807) is 0 Å². The average Bonchev–Trinajstić information content (AvgIpc) is 2.60. The number of benzene rings is 1. The first-order valence-electron chi connectivity index (χ1n) is 9.38. The maximum Gasteiger partial charge on any atom is 0.303 e. The van der Waals surface area contributed by atoms with E-state index in [9.17, 15) is 9.59 Å². The maximum absolute atomic E-state index is 10.4. The van der Waals surface area contributed by atoms with Crippen LogP contribution in [0, 0.1) is 0 Å². The van der Waals surface area contributed by atoms with Crippen LogP contribution in [0.25, 0.3) is 0 Å². The summed E-state index contributed by atoms with van der Waals surface area (Å²) in [7, 11) is 0. The topological polar surface area (TPSA) is 93.1 Å². The van der Waals surface area contributed by atoms with Crippen molar-refractivity contribution in [1.29, 1.82) is 0 Å². The Morgan fingerprint density at radius 1 is 0.643 bits per heavy atom. The van der Waals surface area contributed by atoms with E-state index in [1.165, 1.54) is 0 Å². The van der Waals surface area contributed by atoms with E-state index < -0.39 is 11.9 Å². The Balaban J connectivity index is 0. The normalized spacial score (nSPS) is 9.71. The zero-order valence-electron chi connectivity index (χ0n) is 15.9. The number of carboxylic acids is 2. The van der Waals surface area contributed by atoms with Crippen molar-refractivity contribution in [3.05, 3.63) is 24.3 Å². The molecule has 6 nitrogen and oxygen atoms in total. The molecule has 1 aromatic carbocycles. The fourth-order valence-electron chi connectivity index (χ4n) is 2.52. The summed E-state index contributed by atoms with van der Waals surface area (Å²) in [6.07, 6.45) is 7.35. The minimum absolute atomic E-state index is 0. The minimum atomic E-state index is -0.741. The quantitative estimate of drug-likeness (QED) is 0.220. The zero-order valence-corrected chi connectivity index (χ0v) is 18.9. The molecule has 1 aromatic rings. The van der Waals surface area contributed by atoms with Gasteiger partial charge in [-0.15, -0.1) is 0 Å². The molecule has 0 saturated carbocycles. The molecule has 1 rings (SSSR count). The van der Waals surface area contributed by atoms with Gasteiger partial charge in [0.15, 0.2) is 11.5 Å². The third-order valence-corrected chi connectivity index (χ3v) is 3.93. The summed E-state index contributed by atoms with van der Waals surface area (Å²) < 4.78 is 11.6. The largest absolute Gasteiger partial charge is 0.490 e. The smallest absolute Gasteiger partial charge is 0.303 e. The summed E-state index contributed by atoms with van der Waals surface area (Å²) in [6, 6.07) is 7.57. The Morgan fingerprint density at radius 3 is 1.36 bits per heavy atom. The van der Waals surface area contributed by atoms with Crippen molar-refractivity contribution in [3.8, 4) is 11.5 Å². The second kappa shape index (κ2) is 19.6. The number of unbranched alkanes of at least 4 members (excludes halogenated alkanes) is 6. The fourth-order valence-corrected chi connectivity index (χ4v) is 2.52. The van der Waals surface area contributed by atoms with E-state index in [0.717, 1.165) is 50.0 Å². The van der Waals surface area contributed by atoms with Crippen LogP contribution in [0.15, 0.2) is 24.3 Å². The number of ether oxygens (including phenoxy) is 2. The molecule has 0 aliphatic carbocycles. The van der Waals surface area contributed by atoms with Crippen LogP contribution in [0.4, 0.5) is 0 Å². The molecule has 0 bridgehead atoms. The summed E-state index contributed by atoms with van der Waals surface area (Å²) in [5.41, 5.74) is 0. The van der Waals surface area contributed by atoms with Gasteiger partial charge in [0.25, 0.3) is 0 Å². The van der Waals surface area contributed by atoms with E-state index in [2.05, 4.69) is 0 Å². The van der Waals surface area contributed by atoms with Gasteiger partial charge >= 0.3 is 11.9 Å². The molecule has 0 aliphatic heterocycles. The van der Waals surface area contributed by atoms with Crippen LogP contribution in [0.5, 0.6) is 11.5 Å². The minimum Gasteiger partial charge on any atom is -0.490 e. The van der Waals surface area contributed by atoms with Crippen molar-refractivity contribution in [2.24, 2.45) is 0 Å². The van der Waals surface area contributed by atoms with Gasteiger partial charge in [-0.1, -0.05) is 37.8 Å². The van der Waals surface area contributed by atoms with Gasteiger partial charge in [-0.3, -0.25) is 9.59 Å². The summed E-state index contributed by atoms with van der Waals surface area (Å²) in [4.78, 5) is 20.9. The molecule has 0 atom stereocenters. The van der Waals surface area contributed by atoms with Gasteiger partial charge < -0.3 is 19.7 Å². The van der Waals surface area contributed by atoms with Crippen molar-refractivity contribution in [3.63, 3.8) is 0 Å². The zero-order chi connectivity index (χ0) is 19.0. The Labute approximate surface area is 198 Å². The number of hydrogen-bond acceptors (Lipinski definition) is 4. The molecule has 8 heteroatoms. The van der Waals surface area contributed by atoms with Gasteiger partial charge in [-0.25, -0.2) is 0 Å². The molecule has 168 valence electrons. The molecule has 2 N–H and O–H groups in total. The van der Waals surface area contributed by atoms with E-state index in [4.69, 9.17) is 19.7 Å². The van der Waals surface area contributed by atoms with Crippen LogP contribution < -0.4 is 9.47 Å². The number of carbonyl (C=O) groups is 2. The molecule has 0 unspecified atom stereocenters. The Morgan fingerprint density at radius 2 is 1.00 bits per heavy atom. The van der Waals surface area contributed by atoms with Gasteiger partial charge in [0.1, 0.15) is 0 Å². The van der Waals surface area contributed by atoms with Crippen LogP contribution in [0.2, 0.25) is 0 Å². The number of para-hydroxylation sites is 2. The van der Waals surface area contributed by atoms with E-state index in [0.29, 0.717) is 26.1 Å². The summed E-state index contributed by atoms with van der Waals surface area (Å²) in [6.45, 7) is 1.17. The van der Waals surface area contributed by atoms with Gasteiger partial charge in [-0.2, -0.15) is 0 Å². The number of aliphatic carboxylic acids is 2. The van der Waals surface area contributed by atoms with Crippen LogP contribution in [-0.2, 0) is 54.3 Å². The van der Waals surface area contributed by atoms with Crippen molar-refractivity contribution in [2.75, 3.05) is 13.2 Å². The Kier molecular flexibility index (Phi) is 20.6. The molecular weight excluding hydrogens is 552 g/mol. The predicted octanol–water partition coefficient (Wildman–Crippen LogP) is 4.51. The molecule has 2 radical (unpaired) electrons. The second-order valence-electron chi connectivity index (χ2n) is 6.26. The van der Waals surface area contributed by atoms with E-state index in [1.807, 2.05) is 24.3 Å². The van der Waals surface area contributed by atoms with Gasteiger partial charge in [0.2, 0.25) is 0 Å². The second-order valence-corrected chi connectivity index (χ2v) is 6.26. The maximum atomic E-state index is 10.4. The van der Waals surface area contributed by atoms with Crippen LogP contribution >= 0.6 is 0 Å². The van der Waals surface area contributed by atoms with E-state index >= 15 is 0 Å². The molecule has 0 aliphatic rings. The molecule has 0 fully saturated rings. The van der Waals surface area contributed by atoms with Gasteiger partial charge in [0.05, 0.1) is 13.2 Å². The first kappa shape index (κ1) is 29.4. The first-order valence-corrected chi connectivity index (χ1v) is 9.38. The fraction of sp³-hybridized carbons (Fsp3) is 0.600.